The van der Waals surface area contributed by atoms with E-state index in [1.54, 1.807) is 0 Å². The fraction of sp³-hybridized carbons (Fsp3) is 0.643. The van der Waals surface area contributed by atoms with E-state index >= 15 is 0 Å². The molecule has 1 aliphatic heterocycles. The Kier molecular flexibility index (Phi) is 3.12. The van der Waals surface area contributed by atoms with Gasteiger partial charge < -0.3 is 5.32 Å². The minimum atomic E-state index is 0.502. The summed E-state index contributed by atoms with van der Waals surface area (Å²) in [5.74, 6) is 0.718. The molecule has 3 heteroatoms. The molecule has 0 amide bonds. The SMILES string of the molecule is CN1CCC(CNC2CC2)C1c1ccccn1. The largest absolute Gasteiger partial charge is 0.314 e. The Bertz CT molecular complexity index is 361. The third-order valence-electron chi connectivity index (χ3n) is 4.01. The van der Waals surface area contributed by atoms with Gasteiger partial charge in [-0.1, -0.05) is 6.07 Å². The maximum Gasteiger partial charge on any atom is 0.0578 e. The summed E-state index contributed by atoms with van der Waals surface area (Å²) in [7, 11) is 2.22. The molecule has 1 saturated carbocycles. The quantitative estimate of drug-likeness (QED) is 0.857. The third kappa shape index (κ3) is 2.50. The summed E-state index contributed by atoms with van der Waals surface area (Å²) in [6.45, 7) is 2.34. The van der Waals surface area contributed by atoms with Crippen molar-refractivity contribution in [1.82, 2.24) is 15.2 Å². The number of rotatable bonds is 4. The Morgan fingerprint density at radius 2 is 2.24 bits per heavy atom. The summed E-state index contributed by atoms with van der Waals surface area (Å²) in [6, 6.07) is 7.57. The van der Waals surface area contributed by atoms with Crippen molar-refractivity contribution in [3.8, 4) is 0 Å². The van der Waals surface area contributed by atoms with Gasteiger partial charge in [0.15, 0.2) is 0 Å². The molecule has 3 nitrogen and oxygen atoms in total. The topological polar surface area (TPSA) is 28.2 Å². The lowest BCUT2D eigenvalue weighted by Gasteiger charge is -2.24. The van der Waals surface area contributed by atoms with Crippen LogP contribution in [-0.4, -0.2) is 36.1 Å². The first-order valence-corrected chi connectivity index (χ1v) is 6.69. The number of nitrogens with one attached hydrogen (secondary N) is 1. The van der Waals surface area contributed by atoms with Gasteiger partial charge in [-0.3, -0.25) is 9.88 Å². The van der Waals surface area contributed by atoms with Crippen molar-refractivity contribution in [2.75, 3.05) is 20.1 Å². The van der Waals surface area contributed by atoms with Crippen molar-refractivity contribution in [2.45, 2.75) is 31.3 Å². The highest BCUT2D eigenvalue weighted by atomic mass is 15.2. The van der Waals surface area contributed by atoms with E-state index in [0.717, 1.165) is 18.5 Å². The van der Waals surface area contributed by atoms with Crippen LogP contribution < -0.4 is 5.32 Å². The third-order valence-corrected chi connectivity index (χ3v) is 4.01. The summed E-state index contributed by atoms with van der Waals surface area (Å²) >= 11 is 0. The van der Waals surface area contributed by atoms with Gasteiger partial charge in [-0.2, -0.15) is 0 Å². The van der Waals surface area contributed by atoms with Crippen molar-refractivity contribution < 1.29 is 0 Å². The molecule has 2 fully saturated rings. The lowest BCUT2D eigenvalue weighted by atomic mass is 9.97. The van der Waals surface area contributed by atoms with E-state index in [2.05, 4.69) is 34.4 Å². The molecule has 0 radical (unpaired) electrons. The molecule has 17 heavy (non-hydrogen) atoms. The van der Waals surface area contributed by atoms with Gasteiger partial charge in [-0.05, 0) is 50.9 Å². The first-order valence-electron chi connectivity index (χ1n) is 6.69. The second kappa shape index (κ2) is 4.75. The van der Waals surface area contributed by atoms with Crippen LogP contribution >= 0.6 is 0 Å². The van der Waals surface area contributed by atoms with E-state index in [9.17, 15) is 0 Å². The second-order valence-electron chi connectivity index (χ2n) is 5.41. The average Bonchev–Trinajstić information content (AvgIpc) is 3.11. The summed E-state index contributed by atoms with van der Waals surface area (Å²) in [5.41, 5.74) is 1.23. The van der Waals surface area contributed by atoms with E-state index in [0.29, 0.717) is 6.04 Å². The smallest absolute Gasteiger partial charge is 0.0578 e. The van der Waals surface area contributed by atoms with Gasteiger partial charge in [0, 0.05) is 18.8 Å². The van der Waals surface area contributed by atoms with Crippen LogP contribution in [0.15, 0.2) is 24.4 Å². The van der Waals surface area contributed by atoms with Crippen molar-refractivity contribution in [2.24, 2.45) is 5.92 Å². The minimum absolute atomic E-state index is 0.502. The zero-order valence-electron chi connectivity index (χ0n) is 10.5. The molecular weight excluding hydrogens is 210 g/mol. The van der Waals surface area contributed by atoms with Crippen LogP contribution in [0.2, 0.25) is 0 Å². The van der Waals surface area contributed by atoms with E-state index in [-0.39, 0.29) is 0 Å². The molecule has 2 unspecified atom stereocenters. The van der Waals surface area contributed by atoms with Crippen molar-refractivity contribution in [3.05, 3.63) is 30.1 Å². The van der Waals surface area contributed by atoms with Crippen LogP contribution in [0.1, 0.15) is 31.0 Å². The van der Waals surface area contributed by atoms with Crippen LogP contribution in [0, 0.1) is 5.92 Å². The highest BCUT2D eigenvalue weighted by Crippen LogP contribution is 2.35. The van der Waals surface area contributed by atoms with Crippen LogP contribution in [0.5, 0.6) is 0 Å². The van der Waals surface area contributed by atoms with Crippen LogP contribution in [-0.2, 0) is 0 Å². The molecule has 1 aromatic rings. The second-order valence-corrected chi connectivity index (χ2v) is 5.41. The average molecular weight is 231 g/mol. The Morgan fingerprint density at radius 1 is 1.35 bits per heavy atom. The molecule has 1 N–H and O–H groups in total. The highest BCUT2D eigenvalue weighted by Gasteiger charge is 2.34. The Labute approximate surface area is 103 Å². The Balaban J connectivity index is 1.69. The van der Waals surface area contributed by atoms with E-state index in [4.69, 9.17) is 0 Å². The highest BCUT2D eigenvalue weighted by molar-refractivity contribution is 5.12. The van der Waals surface area contributed by atoms with Crippen LogP contribution in [0.3, 0.4) is 0 Å². The van der Waals surface area contributed by atoms with Crippen molar-refractivity contribution >= 4 is 0 Å². The maximum atomic E-state index is 4.53. The predicted octanol–water partition coefficient (Wildman–Crippen LogP) is 1.83. The molecule has 1 aliphatic carbocycles. The lowest BCUT2D eigenvalue weighted by molar-refractivity contribution is 0.266. The Morgan fingerprint density at radius 3 is 2.94 bits per heavy atom. The fourth-order valence-electron chi connectivity index (χ4n) is 2.86. The zero-order valence-corrected chi connectivity index (χ0v) is 10.5. The molecule has 2 heterocycles. The molecule has 0 spiro atoms. The van der Waals surface area contributed by atoms with E-state index in [1.807, 2.05) is 12.3 Å². The number of aromatic nitrogens is 1. The number of nitrogens with zero attached hydrogens (tertiary/aromatic N) is 2. The first kappa shape index (κ1) is 11.2. The molecular formula is C14H21N3. The van der Waals surface area contributed by atoms with Gasteiger partial charge in [0.1, 0.15) is 0 Å². The van der Waals surface area contributed by atoms with E-state index < -0.39 is 0 Å². The standard InChI is InChI=1S/C14H21N3/c1-17-9-7-11(10-16-12-5-6-12)14(17)13-4-2-3-8-15-13/h2-4,8,11-12,14,16H,5-7,9-10H2,1H3. The maximum absolute atomic E-state index is 4.53. The van der Waals surface area contributed by atoms with Gasteiger partial charge in [0.05, 0.1) is 11.7 Å². The lowest BCUT2D eigenvalue weighted by Crippen LogP contribution is -2.30. The molecule has 2 aliphatic rings. The summed E-state index contributed by atoms with van der Waals surface area (Å²) in [6.07, 6.45) is 5.94. The van der Waals surface area contributed by atoms with Gasteiger partial charge in [-0.25, -0.2) is 0 Å². The molecule has 2 atom stereocenters. The van der Waals surface area contributed by atoms with Crippen molar-refractivity contribution in [3.63, 3.8) is 0 Å². The molecule has 0 bridgehead atoms. The number of hydrogen-bond acceptors (Lipinski definition) is 3. The van der Waals surface area contributed by atoms with Crippen LogP contribution in [0.4, 0.5) is 0 Å². The zero-order chi connectivity index (χ0) is 11.7. The number of pyridine rings is 1. The van der Waals surface area contributed by atoms with E-state index in [1.165, 1.54) is 31.5 Å². The molecule has 0 aromatic carbocycles. The summed E-state index contributed by atoms with van der Waals surface area (Å²) in [5, 5.41) is 3.66. The van der Waals surface area contributed by atoms with Gasteiger partial charge in [-0.15, -0.1) is 0 Å². The Hall–Kier alpha value is -0.930. The molecule has 1 saturated heterocycles. The number of hydrogen-bond donors (Lipinski definition) is 1. The molecule has 3 rings (SSSR count). The minimum Gasteiger partial charge on any atom is -0.314 e. The normalized spacial score (nSPS) is 29.7. The van der Waals surface area contributed by atoms with Gasteiger partial charge >= 0.3 is 0 Å². The molecule has 92 valence electrons. The van der Waals surface area contributed by atoms with Gasteiger partial charge in [0.2, 0.25) is 0 Å². The van der Waals surface area contributed by atoms with Crippen molar-refractivity contribution in [1.29, 1.82) is 0 Å². The predicted molar refractivity (Wildman–Crippen MR) is 68.7 cm³/mol. The monoisotopic (exact) mass is 231 g/mol. The first-order chi connectivity index (χ1) is 8.34. The fourth-order valence-corrected chi connectivity index (χ4v) is 2.86. The molecule has 1 aromatic heterocycles. The summed E-state index contributed by atoms with van der Waals surface area (Å²) in [4.78, 5) is 6.98. The number of likely N-dealkylation sites (tertiary alicyclic amines) is 1. The summed E-state index contributed by atoms with van der Waals surface area (Å²) < 4.78 is 0. The van der Waals surface area contributed by atoms with Gasteiger partial charge in [0.25, 0.3) is 0 Å². The van der Waals surface area contributed by atoms with Crippen LogP contribution in [0.25, 0.3) is 0 Å².